The topological polar surface area (TPSA) is 26.3 Å². The van der Waals surface area contributed by atoms with E-state index in [9.17, 15) is 4.79 Å². The summed E-state index contributed by atoms with van der Waals surface area (Å²) in [5.41, 5.74) is 1.84. The molecule has 0 saturated carbocycles. The fourth-order valence-electron chi connectivity index (χ4n) is 2.11. The Morgan fingerprint density at radius 2 is 2.06 bits per heavy atom. The smallest absolute Gasteiger partial charge is 0.177 e. The molecule has 2 unspecified atom stereocenters. The molecular weight excluding hydrogens is 264 g/mol. The fourth-order valence-corrected chi connectivity index (χ4v) is 4.83. The molecule has 1 aliphatic rings. The van der Waals surface area contributed by atoms with Crippen LogP contribution in [-0.2, 0) is 0 Å². The van der Waals surface area contributed by atoms with E-state index in [-0.39, 0.29) is 11.0 Å². The van der Waals surface area contributed by atoms with Crippen LogP contribution in [0.5, 0.6) is 5.75 Å². The lowest BCUT2D eigenvalue weighted by molar-refractivity contribution is 0.0989. The van der Waals surface area contributed by atoms with E-state index in [1.807, 2.05) is 36.9 Å². The zero-order chi connectivity index (χ0) is 13.1. The van der Waals surface area contributed by atoms with Gasteiger partial charge in [-0.05, 0) is 30.7 Å². The van der Waals surface area contributed by atoms with Crippen molar-refractivity contribution < 1.29 is 9.53 Å². The summed E-state index contributed by atoms with van der Waals surface area (Å²) in [6.07, 6.45) is 0. The highest BCUT2D eigenvalue weighted by molar-refractivity contribution is 8.07. The van der Waals surface area contributed by atoms with Gasteiger partial charge in [-0.2, -0.15) is 11.8 Å². The van der Waals surface area contributed by atoms with Crippen molar-refractivity contribution in [1.29, 1.82) is 0 Å². The molecule has 1 heterocycles. The number of thioether (sulfide) groups is 2. The van der Waals surface area contributed by atoms with Crippen LogP contribution in [0.25, 0.3) is 0 Å². The molecule has 0 N–H and O–H groups in total. The second-order valence-electron chi connectivity index (χ2n) is 4.41. The van der Waals surface area contributed by atoms with E-state index in [0.717, 1.165) is 28.4 Å². The number of carbonyl (C=O) groups excluding carboxylic acids is 1. The summed E-state index contributed by atoms with van der Waals surface area (Å²) in [4.78, 5) is 12.6. The predicted molar refractivity (Wildman–Crippen MR) is 80.2 cm³/mol. The van der Waals surface area contributed by atoms with Crippen LogP contribution in [0.1, 0.15) is 22.8 Å². The molecule has 0 bridgehead atoms. The van der Waals surface area contributed by atoms with Crippen molar-refractivity contribution in [3.05, 3.63) is 29.3 Å². The van der Waals surface area contributed by atoms with E-state index >= 15 is 0 Å². The zero-order valence-electron chi connectivity index (χ0n) is 10.9. The molecule has 0 aromatic heterocycles. The summed E-state index contributed by atoms with van der Waals surface area (Å²) in [5.74, 6) is 3.29. The highest BCUT2D eigenvalue weighted by Crippen LogP contribution is 2.34. The number of aryl methyl sites for hydroxylation is 1. The summed E-state index contributed by atoms with van der Waals surface area (Å²) >= 11 is 3.69. The maximum atomic E-state index is 12.6. The van der Waals surface area contributed by atoms with Crippen LogP contribution in [0, 0.1) is 6.92 Å². The molecule has 1 aromatic carbocycles. The first-order chi connectivity index (χ1) is 8.63. The Labute approximate surface area is 117 Å². The molecule has 1 aliphatic heterocycles. The molecule has 4 heteroatoms. The number of Topliss-reactive ketones (excluding diaryl/α,β-unsaturated/α-hetero) is 1. The van der Waals surface area contributed by atoms with Crippen LogP contribution in [0.4, 0.5) is 0 Å². The Balaban J connectivity index is 2.22. The summed E-state index contributed by atoms with van der Waals surface area (Å²) < 4.78 is 5.18. The van der Waals surface area contributed by atoms with Gasteiger partial charge in [0.15, 0.2) is 5.78 Å². The lowest BCUT2D eigenvalue weighted by Crippen LogP contribution is -2.31. The number of carbonyl (C=O) groups is 1. The highest BCUT2D eigenvalue weighted by atomic mass is 32.2. The fraction of sp³-hybridized carbons (Fsp3) is 0.500. The maximum Gasteiger partial charge on any atom is 0.177 e. The minimum absolute atomic E-state index is 0.0934. The summed E-state index contributed by atoms with van der Waals surface area (Å²) in [6, 6.07) is 5.69. The second-order valence-corrected chi connectivity index (χ2v) is 7.15. The third-order valence-corrected chi connectivity index (χ3v) is 6.24. The van der Waals surface area contributed by atoms with Gasteiger partial charge < -0.3 is 4.74 Å². The molecule has 2 rings (SSSR count). The van der Waals surface area contributed by atoms with Crippen LogP contribution in [0.15, 0.2) is 18.2 Å². The third kappa shape index (κ3) is 2.86. The van der Waals surface area contributed by atoms with Crippen molar-refractivity contribution in [2.24, 2.45) is 0 Å². The third-order valence-electron chi connectivity index (χ3n) is 3.15. The van der Waals surface area contributed by atoms with Crippen molar-refractivity contribution >= 4 is 29.3 Å². The van der Waals surface area contributed by atoms with Crippen molar-refractivity contribution in [2.45, 2.75) is 24.3 Å². The number of benzene rings is 1. The lowest BCUT2D eigenvalue weighted by atomic mass is 10.0. The summed E-state index contributed by atoms with van der Waals surface area (Å²) in [6.45, 7) is 4.12. The molecule has 1 aromatic rings. The molecule has 2 nitrogen and oxygen atoms in total. The van der Waals surface area contributed by atoms with Crippen molar-refractivity contribution in [3.63, 3.8) is 0 Å². The first-order valence-corrected chi connectivity index (χ1v) is 8.15. The average molecular weight is 282 g/mol. The molecular formula is C14H18O2S2. The number of ether oxygens (including phenoxy) is 1. The number of methoxy groups -OCH3 is 1. The Hall–Kier alpha value is -0.610. The normalized spacial score (nSPS) is 23.7. The van der Waals surface area contributed by atoms with Gasteiger partial charge in [-0.3, -0.25) is 4.79 Å². The minimum Gasteiger partial charge on any atom is -0.497 e. The monoisotopic (exact) mass is 282 g/mol. The average Bonchev–Trinajstić information content (AvgIpc) is 2.38. The van der Waals surface area contributed by atoms with Gasteiger partial charge in [0.05, 0.1) is 12.4 Å². The SMILES string of the molecule is COc1ccc(C(=O)C2SCCSC2C)c(C)c1. The van der Waals surface area contributed by atoms with Gasteiger partial charge in [0.1, 0.15) is 5.75 Å². The molecule has 0 aliphatic carbocycles. The Bertz CT molecular complexity index is 445. The van der Waals surface area contributed by atoms with Gasteiger partial charge >= 0.3 is 0 Å². The van der Waals surface area contributed by atoms with Crippen molar-refractivity contribution in [2.75, 3.05) is 18.6 Å². The molecule has 1 fully saturated rings. The zero-order valence-corrected chi connectivity index (χ0v) is 12.6. The first-order valence-electron chi connectivity index (χ1n) is 6.05. The lowest BCUT2D eigenvalue weighted by Gasteiger charge is -2.27. The summed E-state index contributed by atoms with van der Waals surface area (Å²) in [7, 11) is 1.64. The Kier molecular flexibility index (Phi) is 4.62. The molecule has 1 saturated heterocycles. The number of rotatable bonds is 3. The number of ketones is 1. The van der Waals surface area contributed by atoms with Gasteiger partial charge in [0, 0.05) is 22.3 Å². The quantitative estimate of drug-likeness (QED) is 0.794. The predicted octanol–water partition coefficient (Wildman–Crippen LogP) is 3.42. The standard InChI is InChI=1S/C14H18O2S2/c1-9-8-11(16-3)4-5-12(9)13(15)14-10(2)17-6-7-18-14/h4-5,8,10,14H,6-7H2,1-3H3. The van der Waals surface area contributed by atoms with E-state index < -0.39 is 0 Å². The van der Waals surface area contributed by atoms with Gasteiger partial charge in [0.25, 0.3) is 0 Å². The van der Waals surface area contributed by atoms with Crippen molar-refractivity contribution in [1.82, 2.24) is 0 Å². The van der Waals surface area contributed by atoms with Gasteiger partial charge in [-0.25, -0.2) is 0 Å². The highest BCUT2D eigenvalue weighted by Gasteiger charge is 2.30. The van der Waals surface area contributed by atoms with Crippen LogP contribution in [0.3, 0.4) is 0 Å². The van der Waals surface area contributed by atoms with Crippen LogP contribution in [0.2, 0.25) is 0 Å². The molecule has 18 heavy (non-hydrogen) atoms. The van der Waals surface area contributed by atoms with Crippen molar-refractivity contribution in [3.8, 4) is 5.75 Å². The van der Waals surface area contributed by atoms with E-state index in [4.69, 9.17) is 4.74 Å². The van der Waals surface area contributed by atoms with E-state index in [0.29, 0.717) is 5.25 Å². The Morgan fingerprint density at radius 3 is 2.67 bits per heavy atom. The van der Waals surface area contributed by atoms with E-state index in [1.165, 1.54) is 0 Å². The largest absolute Gasteiger partial charge is 0.497 e. The molecule has 0 radical (unpaired) electrons. The van der Waals surface area contributed by atoms with E-state index in [1.54, 1.807) is 18.9 Å². The Morgan fingerprint density at radius 1 is 1.33 bits per heavy atom. The molecule has 2 atom stereocenters. The van der Waals surface area contributed by atoms with E-state index in [2.05, 4.69) is 6.92 Å². The number of hydrogen-bond acceptors (Lipinski definition) is 4. The second kappa shape index (κ2) is 6.02. The van der Waals surface area contributed by atoms with Gasteiger partial charge in [0.2, 0.25) is 0 Å². The maximum absolute atomic E-state index is 12.6. The van der Waals surface area contributed by atoms with Gasteiger partial charge in [-0.1, -0.05) is 6.92 Å². The number of hydrogen-bond donors (Lipinski definition) is 0. The van der Waals surface area contributed by atoms with Gasteiger partial charge in [-0.15, -0.1) is 11.8 Å². The van der Waals surface area contributed by atoms with Crippen LogP contribution in [-0.4, -0.2) is 34.9 Å². The van der Waals surface area contributed by atoms with Crippen LogP contribution >= 0.6 is 23.5 Å². The molecule has 0 amide bonds. The first kappa shape index (κ1) is 13.8. The minimum atomic E-state index is 0.0934. The summed E-state index contributed by atoms with van der Waals surface area (Å²) in [5, 5.41) is 0.494. The van der Waals surface area contributed by atoms with Crippen LogP contribution < -0.4 is 4.74 Å². The molecule has 98 valence electrons. The molecule has 0 spiro atoms.